The van der Waals surface area contributed by atoms with E-state index in [0.29, 0.717) is 13.0 Å². The van der Waals surface area contributed by atoms with Gasteiger partial charge in [-0.1, -0.05) is 159 Å². The summed E-state index contributed by atoms with van der Waals surface area (Å²) in [5.74, 6) is -0.412. The molecule has 61 heavy (non-hydrogen) atoms. The molecule has 0 radical (unpaired) electrons. The Hall–Kier alpha value is -1.94. The van der Waals surface area contributed by atoms with Gasteiger partial charge >= 0.3 is 16.4 Å². The summed E-state index contributed by atoms with van der Waals surface area (Å²) >= 11 is 0. The van der Waals surface area contributed by atoms with E-state index in [1.165, 1.54) is 83.5 Å². The molecule has 1 heterocycles. The van der Waals surface area contributed by atoms with E-state index < -0.39 is 59.8 Å². The molecule has 6 unspecified atom stereocenters. The zero-order valence-corrected chi connectivity index (χ0v) is 38.8. The van der Waals surface area contributed by atoms with Gasteiger partial charge < -0.3 is 34.3 Å². The van der Waals surface area contributed by atoms with Crippen LogP contribution in [0.3, 0.4) is 0 Å². The van der Waals surface area contributed by atoms with Crippen LogP contribution in [0.1, 0.15) is 187 Å². The lowest BCUT2D eigenvalue weighted by Gasteiger charge is -2.41. The van der Waals surface area contributed by atoms with Crippen molar-refractivity contribution in [2.75, 3.05) is 26.4 Å². The van der Waals surface area contributed by atoms with Crippen molar-refractivity contribution in [3.05, 3.63) is 48.6 Å². The van der Waals surface area contributed by atoms with Gasteiger partial charge in [0.05, 0.1) is 19.8 Å². The monoisotopic (exact) mass is 887 g/mol. The quantitative estimate of drug-likeness (QED) is 0.0198. The zero-order valence-electron chi connectivity index (χ0n) is 38.0. The number of carbonyl (C=O) groups is 1. The molecule has 0 aromatic rings. The Morgan fingerprint density at radius 1 is 0.639 bits per heavy atom. The Bertz CT molecular complexity index is 1250. The number of rotatable bonds is 41. The second kappa shape index (κ2) is 39.6. The summed E-state index contributed by atoms with van der Waals surface area (Å²) in [4.78, 5) is 12.9. The molecule has 13 heteroatoms. The maximum atomic E-state index is 12.9. The molecule has 1 rings (SSSR count). The van der Waals surface area contributed by atoms with E-state index in [-0.39, 0.29) is 19.6 Å². The Labute approximate surface area is 370 Å². The smallest absolute Gasteiger partial charge is 0.397 e. The third-order valence-corrected chi connectivity index (χ3v) is 11.2. The number of allylic oxidation sites excluding steroid dienone is 8. The molecule has 0 aromatic heterocycles. The third kappa shape index (κ3) is 33.3. The summed E-state index contributed by atoms with van der Waals surface area (Å²) < 4.78 is 59.1. The van der Waals surface area contributed by atoms with Crippen LogP contribution in [-0.2, 0) is 38.3 Å². The van der Waals surface area contributed by atoms with Crippen LogP contribution >= 0.6 is 0 Å². The van der Waals surface area contributed by atoms with Crippen LogP contribution in [0.4, 0.5) is 0 Å². The van der Waals surface area contributed by atoms with Gasteiger partial charge in [-0.25, -0.2) is 4.18 Å². The van der Waals surface area contributed by atoms with Crippen molar-refractivity contribution in [1.29, 1.82) is 0 Å². The van der Waals surface area contributed by atoms with Gasteiger partial charge in [-0.05, 0) is 70.6 Å². The highest BCUT2D eigenvalue weighted by Gasteiger charge is 2.48. The molecule has 0 spiro atoms. The number of hydrogen-bond acceptors (Lipinski definition) is 11. The maximum absolute atomic E-state index is 12.9. The number of aliphatic hydroxyl groups excluding tert-OH is 3. The Balaban J connectivity index is 2.41. The number of esters is 1. The van der Waals surface area contributed by atoms with Crippen LogP contribution in [0.5, 0.6) is 0 Å². The molecule has 1 saturated heterocycles. The molecule has 1 aliphatic rings. The fourth-order valence-corrected chi connectivity index (χ4v) is 7.60. The van der Waals surface area contributed by atoms with Gasteiger partial charge in [0.25, 0.3) is 0 Å². The summed E-state index contributed by atoms with van der Waals surface area (Å²) in [5.41, 5.74) is 0. The lowest BCUT2D eigenvalue weighted by Crippen LogP contribution is -2.60. The van der Waals surface area contributed by atoms with Crippen molar-refractivity contribution < 1.29 is 56.2 Å². The lowest BCUT2D eigenvalue weighted by atomic mass is 9.99. The van der Waals surface area contributed by atoms with Crippen LogP contribution in [0.2, 0.25) is 0 Å². The minimum absolute atomic E-state index is 0.0271. The molecule has 6 atom stereocenters. The van der Waals surface area contributed by atoms with Crippen LogP contribution in [0.25, 0.3) is 0 Å². The normalized spacial score (nSPS) is 20.5. The van der Waals surface area contributed by atoms with Crippen molar-refractivity contribution in [3.63, 3.8) is 0 Å². The van der Waals surface area contributed by atoms with Gasteiger partial charge in [0, 0.05) is 13.0 Å². The van der Waals surface area contributed by atoms with E-state index in [2.05, 4.69) is 66.6 Å². The topological polar surface area (TPSA) is 178 Å². The van der Waals surface area contributed by atoms with Gasteiger partial charge in [-0.15, -0.1) is 0 Å². The van der Waals surface area contributed by atoms with Gasteiger partial charge in [0.2, 0.25) is 0 Å². The fraction of sp³-hybridized carbons (Fsp3) is 0.812. The van der Waals surface area contributed by atoms with Gasteiger partial charge in [0.15, 0.2) is 6.29 Å². The molecular formula is C48H86O12S. The van der Waals surface area contributed by atoms with E-state index in [4.69, 9.17) is 18.9 Å². The SMILES string of the molecule is CC/C=C\C/C=C\C/C=C\CCCCCCCCCC(=O)OC(COCCCCCCCC/C=C\CCCCCCCCC)COC1OC(CO)C(O)C(OS(=O)(=O)O)C1O. The van der Waals surface area contributed by atoms with Crippen molar-refractivity contribution in [1.82, 2.24) is 0 Å². The minimum atomic E-state index is -5.07. The summed E-state index contributed by atoms with van der Waals surface area (Å²) in [7, 11) is -5.07. The van der Waals surface area contributed by atoms with Crippen LogP contribution < -0.4 is 0 Å². The van der Waals surface area contributed by atoms with Gasteiger partial charge in [-0.3, -0.25) is 9.35 Å². The van der Waals surface area contributed by atoms with Gasteiger partial charge in [-0.2, -0.15) is 8.42 Å². The number of ether oxygens (including phenoxy) is 4. The molecule has 12 nitrogen and oxygen atoms in total. The van der Waals surface area contributed by atoms with Crippen LogP contribution in [0.15, 0.2) is 48.6 Å². The Morgan fingerprint density at radius 2 is 1.13 bits per heavy atom. The van der Waals surface area contributed by atoms with Crippen molar-refractivity contribution in [3.8, 4) is 0 Å². The summed E-state index contributed by atoms with van der Waals surface area (Å²) in [5, 5.41) is 30.7. The van der Waals surface area contributed by atoms with E-state index in [9.17, 15) is 33.1 Å². The summed E-state index contributed by atoms with van der Waals surface area (Å²) in [6.07, 6.45) is 38.5. The Morgan fingerprint density at radius 3 is 1.67 bits per heavy atom. The van der Waals surface area contributed by atoms with Crippen molar-refractivity contribution >= 4 is 16.4 Å². The Kier molecular flexibility index (Phi) is 37.1. The maximum Gasteiger partial charge on any atom is 0.397 e. The number of carbonyl (C=O) groups excluding carboxylic acids is 1. The first-order valence-corrected chi connectivity index (χ1v) is 25.3. The lowest BCUT2D eigenvalue weighted by molar-refractivity contribution is -0.301. The van der Waals surface area contributed by atoms with E-state index >= 15 is 0 Å². The highest BCUT2D eigenvalue weighted by atomic mass is 32.3. The molecule has 356 valence electrons. The fourth-order valence-electron chi connectivity index (χ4n) is 7.09. The van der Waals surface area contributed by atoms with E-state index in [0.717, 1.165) is 77.0 Å². The highest BCUT2D eigenvalue weighted by Crippen LogP contribution is 2.26. The minimum Gasteiger partial charge on any atom is -0.457 e. The van der Waals surface area contributed by atoms with Crippen molar-refractivity contribution in [2.24, 2.45) is 0 Å². The first-order valence-electron chi connectivity index (χ1n) is 23.9. The molecular weight excluding hydrogens is 801 g/mol. The molecule has 1 aliphatic heterocycles. The molecule has 0 aliphatic carbocycles. The first kappa shape index (κ1) is 57.1. The van der Waals surface area contributed by atoms with Crippen molar-refractivity contribution in [2.45, 2.75) is 224 Å². The summed E-state index contributed by atoms with van der Waals surface area (Å²) in [6, 6.07) is 0. The molecule has 0 aromatic carbocycles. The summed E-state index contributed by atoms with van der Waals surface area (Å²) in [6.45, 7) is 3.86. The highest BCUT2D eigenvalue weighted by molar-refractivity contribution is 7.80. The largest absolute Gasteiger partial charge is 0.457 e. The average Bonchev–Trinajstić information content (AvgIpc) is 3.23. The molecule has 0 amide bonds. The first-order chi connectivity index (χ1) is 29.6. The number of hydrogen-bond donors (Lipinski definition) is 4. The molecule has 1 fully saturated rings. The van der Waals surface area contributed by atoms with Crippen LogP contribution in [0, 0.1) is 0 Å². The molecule has 0 saturated carbocycles. The predicted octanol–water partition coefficient (Wildman–Crippen LogP) is 10.4. The number of unbranched alkanes of at least 4 members (excludes halogenated alkanes) is 20. The second-order valence-corrected chi connectivity index (χ2v) is 17.4. The third-order valence-electron chi connectivity index (χ3n) is 10.7. The zero-order chi connectivity index (χ0) is 44.7. The molecule has 4 N–H and O–H groups in total. The predicted molar refractivity (Wildman–Crippen MR) is 243 cm³/mol. The van der Waals surface area contributed by atoms with E-state index in [1.54, 1.807) is 0 Å². The number of aliphatic hydroxyl groups is 3. The van der Waals surface area contributed by atoms with Crippen LogP contribution in [-0.4, -0.2) is 97.5 Å². The average molecular weight is 887 g/mol. The van der Waals surface area contributed by atoms with E-state index in [1.807, 2.05) is 0 Å². The molecule has 0 bridgehead atoms. The standard InChI is InChI=1S/C48H86O12S/c1-3-5-7-9-11-13-15-17-19-21-23-25-27-29-31-33-35-37-44(50)58-42(41-57-48-46(52)47(60-61(53,54)55)45(51)43(39-49)59-48)40-56-38-36-34-32-30-28-26-24-22-20-18-16-14-12-10-8-6-4-2/h5,7,11,13,17,19-20,22,42-43,45-49,51-52H,3-4,6,8-10,12,14-16,18,21,23-41H2,1-2H3,(H,53,54,55)/b7-5-,13-11-,19-17-,22-20-. The second-order valence-electron chi connectivity index (χ2n) is 16.3. The van der Waals surface area contributed by atoms with Gasteiger partial charge in [0.1, 0.15) is 30.5 Å².